The van der Waals surface area contributed by atoms with Crippen molar-refractivity contribution in [1.82, 2.24) is 10.6 Å². The molecule has 37 heavy (non-hydrogen) atoms. The molecule has 0 aromatic rings. The first-order chi connectivity index (χ1) is 18.0. The third kappa shape index (κ3) is 25.6. The van der Waals surface area contributed by atoms with Crippen molar-refractivity contribution in [2.75, 3.05) is 13.1 Å². The molecule has 1 atom stereocenters. The van der Waals surface area contributed by atoms with Crippen LogP contribution in [0.2, 0.25) is 0 Å². The molecule has 0 spiro atoms. The maximum atomic E-state index is 12.8. The van der Waals surface area contributed by atoms with Gasteiger partial charge in [0, 0.05) is 19.5 Å². The Hall–Kier alpha value is -1.79. The molecule has 0 radical (unpaired) electrons. The van der Waals surface area contributed by atoms with E-state index < -0.39 is 6.04 Å². The molecule has 0 fully saturated rings. The summed E-state index contributed by atoms with van der Waals surface area (Å²) in [7, 11) is 0. The molecule has 0 heterocycles. The van der Waals surface area contributed by atoms with Gasteiger partial charge in [-0.1, -0.05) is 123 Å². The lowest BCUT2D eigenvalue weighted by atomic mass is 10.1. The summed E-state index contributed by atoms with van der Waals surface area (Å²) in [6, 6.07) is -0.525. The Morgan fingerprint density at radius 1 is 0.649 bits per heavy atom. The Morgan fingerprint density at radius 3 is 1.59 bits per heavy atom. The van der Waals surface area contributed by atoms with Crippen molar-refractivity contribution in [3.63, 3.8) is 0 Å². The molecule has 0 aromatic heterocycles. The van der Waals surface area contributed by atoms with E-state index in [9.17, 15) is 9.59 Å². The lowest BCUT2D eigenvalue weighted by Crippen LogP contribution is -2.47. The highest BCUT2D eigenvalue weighted by Crippen LogP contribution is 2.12. The van der Waals surface area contributed by atoms with Crippen molar-refractivity contribution in [3.05, 3.63) is 0 Å². The van der Waals surface area contributed by atoms with E-state index in [1.165, 1.54) is 96.3 Å². The molecule has 0 saturated carbocycles. The summed E-state index contributed by atoms with van der Waals surface area (Å²) in [5.41, 5.74) is 10.8. The van der Waals surface area contributed by atoms with Gasteiger partial charge in [0.05, 0.1) is 0 Å². The summed E-state index contributed by atoms with van der Waals surface area (Å²) in [4.78, 5) is 29.3. The SMILES string of the molecule is CCCCCCCCCCCCNC(=O)[C@H](CCCN=C(N)N)NC(=O)CCCCCCCCCCC. The summed E-state index contributed by atoms with van der Waals surface area (Å²) in [6.07, 6.45) is 25.3. The highest BCUT2D eigenvalue weighted by Gasteiger charge is 2.19. The summed E-state index contributed by atoms with van der Waals surface area (Å²) in [5.74, 6) is -0.0821. The highest BCUT2D eigenvalue weighted by atomic mass is 16.2. The summed E-state index contributed by atoms with van der Waals surface area (Å²) in [5, 5.41) is 5.99. The second-order valence-corrected chi connectivity index (χ2v) is 10.6. The number of nitrogens with one attached hydrogen (secondary N) is 2. The quantitative estimate of drug-likeness (QED) is 0.0558. The minimum atomic E-state index is -0.525. The Morgan fingerprint density at radius 2 is 1.11 bits per heavy atom. The lowest BCUT2D eigenvalue weighted by Gasteiger charge is -2.18. The van der Waals surface area contributed by atoms with Crippen LogP contribution in [0.4, 0.5) is 0 Å². The minimum Gasteiger partial charge on any atom is -0.370 e. The summed E-state index contributed by atoms with van der Waals surface area (Å²) >= 11 is 0. The predicted octanol–water partition coefficient (Wildman–Crippen LogP) is 6.48. The van der Waals surface area contributed by atoms with Gasteiger partial charge in [-0.3, -0.25) is 14.6 Å². The Kier molecular flexibility index (Phi) is 25.9. The topological polar surface area (TPSA) is 123 Å². The number of amides is 2. The van der Waals surface area contributed by atoms with Crippen molar-refractivity contribution >= 4 is 17.8 Å². The number of nitrogens with zero attached hydrogens (tertiary/aromatic N) is 1. The van der Waals surface area contributed by atoms with Gasteiger partial charge in [0.2, 0.25) is 11.8 Å². The molecular formula is C30H61N5O2. The molecule has 218 valence electrons. The fourth-order valence-corrected chi connectivity index (χ4v) is 4.58. The van der Waals surface area contributed by atoms with E-state index in [1.54, 1.807) is 0 Å². The number of carbonyl (C=O) groups excluding carboxylic acids is 2. The molecule has 6 N–H and O–H groups in total. The van der Waals surface area contributed by atoms with Crippen molar-refractivity contribution < 1.29 is 9.59 Å². The average molecular weight is 524 g/mol. The molecule has 0 bridgehead atoms. The molecule has 0 unspecified atom stereocenters. The maximum absolute atomic E-state index is 12.8. The monoisotopic (exact) mass is 523 g/mol. The van der Waals surface area contributed by atoms with Gasteiger partial charge in [0.1, 0.15) is 6.04 Å². The van der Waals surface area contributed by atoms with Gasteiger partial charge in [-0.2, -0.15) is 0 Å². The number of guanidine groups is 1. The fraction of sp³-hybridized carbons (Fsp3) is 0.900. The van der Waals surface area contributed by atoms with E-state index in [2.05, 4.69) is 29.5 Å². The molecule has 7 nitrogen and oxygen atoms in total. The first-order valence-electron chi connectivity index (χ1n) is 15.6. The summed E-state index contributed by atoms with van der Waals surface area (Å²) in [6.45, 7) is 5.61. The van der Waals surface area contributed by atoms with E-state index in [0.29, 0.717) is 32.4 Å². The van der Waals surface area contributed by atoms with Gasteiger partial charge in [-0.25, -0.2) is 0 Å². The Labute approximate surface area is 228 Å². The average Bonchev–Trinajstić information content (AvgIpc) is 2.87. The number of rotatable bonds is 27. The van der Waals surface area contributed by atoms with Crippen LogP contribution in [0, 0.1) is 0 Å². The molecule has 7 heteroatoms. The van der Waals surface area contributed by atoms with Gasteiger partial charge in [0.25, 0.3) is 0 Å². The van der Waals surface area contributed by atoms with Crippen molar-refractivity contribution in [2.45, 2.75) is 161 Å². The number of nitrogens with two attached hydrogens (primary N) is 2. The molecule has 0 aliphatic rings. The zero-order valence-electron chi connectivity index (χ0n) is 24.5. The molecule has 0 aliphatic carbocycles. The van der Waals surface area contributed by atoms with Crippen LogP contribution >= 0.6 is 0 Å². The van der Waals surface area contributed by atoms with Crippen LogP contribution in [-0.2, 0) is 9.59 Å². The van der Waals surface area contributed by atoms with E-state index in [-0.39, 0.29) is 17.8 Å². The number of hydrogen-bond donors (Lipinski definition) is 4. The second kappa shape index (κ2) is 27.3. The largest absolute Gasteiger partial charge is 0.370 e. The van der Waals surface area contributed by atoms with Gasteiger partial charge < -0.3 is 22.1 Å². The first-order valence-corrected chi connectivity index (χ1v) is 15.6. The van der Waals surface area contributed by atoms with Crippen LogP contribution in [0.3, 0.4) is 0 Å². The normalized spacial score (nSPS) is 11.7. The highest BCUT2D eigenvalue weighted by molar-refractivity contribution is 5.87. The van der Waals surface area contributed by atoms with Gasteiger partial charge in [-0.05, 0) is 25.7 Å². The van der Waals surface area contributed by atoms with Crippen LogP contribution in [0.25, 0.3) is 0 Å². The van der Waals surface area contributed by atoms with Crippen LogP contribution in [-0.4, -0.2) is 36.9 Å². The van der Waals surface area contributed by atoms with Gasteiger partial charge in [-0.15, -0.1) is 0 Å². The van der Waals surface area contributed by atoms with Crippen LogP contribution < -0.4 is 22.1 Å². The van der Waals surface area contributed by atoms with Crippen LogP contribution in [0.1, 0.15) is 155 Å². The molecule has 0 aromatic carbocycles. The Balaban J connectivity index is 4.14. The first kappa shape index (κ1) is 35.2. The molecule has 0 saturated heterocycles. The zero-order valence-corrected chi connectivity index (χ0v) is 24.5. The third-order valence-corrected chi connectivity index (χ3v) is 6.93. The maximum Gasteiger partial charge on any atom is 0.242 e. The van der Waals surface area contributed by atoms with E-state index in [0.717, 1.165) is 25.7 Å². The smallest absolute Gasteiger partial charge is 0.242 e. The number of hydrogen-bond acceptors (Lipinski definition) is 3. The molecule has 0 aliphatic heterocycles. The van der Waals surface area contributed by atoms with Crippen molar-refractivity contribution in [1.29, 1.82) is 0 Å². The van der Waals surface area contributed by atoms with Gasteiger partial charge >= 0.3 is 0 Å². The van der Waals surface area contributed by atoms with E-state index in [1.807, 2.05) is 0 Å². The van der Waals surface area contributed by atoms with Crippen molar-refractivity contribution in [2.24, 2.45) is 16.5 Å². The Bertz CT molecular complexity index is 564. The summed E-state index contributed by atoms with van der Waals surface area (Å²) < 4.78 is 0. The fourth-order valence-electron chi connectivity index (χ4n) is 4.58. The lowest BCUT2D eigenvalue weighted by molar-refractivity contribution is -0.129. The van der Waals surface area contributed by atoms with Crippen LogP contribution in [0.5, 0.6) is 0 Å². The minimum absolute atomic E-state index is 0.0381. The van der Waals surface area contributed by atoms with Crippen LogP contribution in [0.15, 0.2) is 4.99 Å². The van der Waals surface area contributed by atoms with Crippen molar-refractivity contribution in [3.8, 4) is 0 Å². The number of carbonyl (C=O) groups is 2. The second-order valence-electron chi connectivity index (χ2n) is 10.6. The van der Waals surface area contributed by atoms with E-state index >= 15 is 0 Å². The molecular weight excluding hydrogens is 462 g/mol. The zero-order chi connectivity index (χ0) is 27.4. The number of unbranched alkanes of at least 4 members (excludes halogenated alkanes) is 17. The number of aliphatic imine (C=N–C) groups is 1. The van der Waals surface area contributed by atoms with E-state index in [4.69, 9.17) is 11.5 Å². The molecule has 0 rings (SSSR count). The standard InChI is InChI=1S/C30H61N5O2/c1-3-5-7-9-11-13-15-17-19-21-25-33-29(37)27(23-22-26-34-30(31)32)35-28(36)24-20-18-16-14-12-10-8-6-4-2/h27H,3-26H2,1-2H3,(H,33,37)(H,35,36)(H4,31,32,34)/t27-/m0/s1. The predicted molar refractivity (Wildman–Crippen MR) is 159 cm³/mol. The third-order valence-electron chi connectivity index (χ3n) is 6.93. The molecule has 2 amide bonds. The van der Waals surface area contributed by atoms with Gasteiger partial charge in [0.15, 0.2) is 5.96 Å².